The third-order valence-electron chi connectivity index (χ3n) is 2.57. The summed E-state index contributed by atoms with van der Waals surface area (Å²) in [6.45, 7) is 0. The maximum Gasteiger partial charge on any atom is 0.275 e. The number of hydrogen-bond acceptors (Lipinski definition) is 5. The molecular formula is C11H8N4O2S. The van der Waals surface area contributed by atoms with Crippen LogP contribution in [0.1, 0.15) is 9.67 Å². The lowest BCUT2D eigenvalue weighted by molar-refractivity contribution is 0.0958. The molecule has 0 spiro atoms. The van der Waals surface area contributed by atoms with Gasteiger partial charge in [0.1, 0.15) is 10.5 Å². The van der Waals surface area contributed by atoms with Gasteiger partial charge in [0, 0.05) is 6.20 Å². The number of thiophene rings is 1. The number of nitrogen functional groups attached to an aromatic ring is 1. The fourth-order valence-corrected chi connectivity index (χ4v) is 2.66. The Bertz CT molecular complexity index is 821. The molecule has 6 nitrogen and oxygen atoms in total. The normalized spacial score (nSPS) is 10.9. The molecule has 0 saturated carbocycles. The Morgan fingerprint density at radius 1 is 1.44 bits per heavy atom. The maximum atomic E-state index is 12.2. The summed E-state index contributed by atoms with van der Waals surface area (Å²) < 4.78 is 1.44. The van der Waals surface area contributed by atoms with Crippen LogP contribution in [0, 0.1) is 0 Å². The number of fused-ring (bicyclic) bond motifs is 2. The van der Waals surface area contributed by atoms with Crippen LogP contribution in [-0.2, 0) is 0 Å². The van der Waals surface area contributed by atoms with Crippen LogP contribution in [0.4, 0.5) is 0 Å². The van der Waals surface area contributed by atoms with E-state index >= 15 is 0 Å². The van der Waals surface area contributed by atoms with Crippen LogP contribution >= 0.6 is 11.3 Å². The average Bonchev–Trinajstić information content (AvgIpc) is 2.82. The molecule has 3 rings (SSSR count). The van der Waals surface area contributed by atoms with E-state index in [0.717, 1.165) is 11.3 Å². The molecule has 0 radical (unpaired) electrons. The van der Waals surface area contributed by atoms with Gasteiger partial charge >= 0.3 is 0 Å². The standard InChI is InChI=1S/C11H8N4O2S/c12-14-9(16)7-5-6-10(18-7)13-8-3-1-2-4-15(8)11(6)17/h1-5H,12H2,(H,14,16). The Kier molecular flexibility index (Phi) is 2.35. The van der Waals surface area contributed by atoms with Crippen molar-refractivity contribution in [3.63, 3.8) is 0 Å². The summed E-state index contributed by atoms with van der Waals surface area (Å²) in [5.74, 6) is 4.64. The highest BCUT2D eigenvalue weighted by molar-refractivity contribution is 7.20. The summed E-state index contributed by atoms with van der Waals surface area (Å²) in [7, 11) is 0. The smallest absolute Gasteiger partial charge is 0.275 e. The molecule has 0 atom stereocenters. The van der Waals surface area contributed by atoms with E-state index in [1.807, 2.05) is 5.43 Å². The topological polar surface area (TPSA) is 89.5 Å². The van der Waals surface area contributed by atoms with Crippen LogP contribution in [-0.4, -0.2) is 15.3 Å². The number of rotatable bonds is 1. The fourth-order valence-electron chi connectivity index (χ4n) is 1.73. The van der Waals surface area contributed by atoms with Gasteiger partial charge in [-0.3, -0.25) is 19.4 Å². The minimum atomic E-state index is -0.425. The molecule has 0 aliphatic rings. The minimum absolute atomic E-state index is 0.192. The largest absolute Gasteiger partial charge is 0.289 e. The molecule has 3 heterocycles. The van der Waals surface area contributed by atoms with E-state index in [4.69, 9.17) is 5.84 Å². The zero-order valence-electron chi connectivity index (χ0n) is 9.08. The molecule has 0 aromatic carbocycles. The molecule has 0 unspecified atom stereocenters. The lowest BCUT2D eigenvalue weighted by atomic mass is 10.3. The Morgan fingerprint density at radius 2 is 2.28 bits per heavy atom. The van der Waals surface area contributed by atoms with Gasteiger partial charge in [0.25, 0.3) is 11.5 Å². The number of carbonyl (C=O) groups excluding carboxylic acids is 1. The van der Waals surface area contributed by atoms with Crippen molar-refractivity contribution in [2.75, 3.05) is 0 Å². The molecular weight excluding hydrogens is 252 g/mol. The summed E-state index contributed by atoms with van der Waals surface area (Å²) in [5.41, 5.74) is 2.40. The second-order valence-electron chi connectivity index (χ2n) is 3.65. The molecule has 0 aliphatic carbocycles. The molecule has 3 aromatic rings. The van der Waals surface area contributed by atoms with E-state index in [-0.39, 0.29) is 5.56 Å². The molecule has 3 N–H and O–H groups in total. The summed E-state index contributed by atoms with van der Waals surface area (Å²) in [6.07, 6.45) is 1.64. The molecule has 7 heteroatoms. The number of pyridine rings is 1. The number of carbonyl (C=O) groups is 1. The van der Waals surface area contributed by atoms with Gasteiger partial charge in [0.2, 0.25) is 0 Å². The average molecular weight is 260 g/mol. The Morgan fingerprint density at radius 3 is 3.06 bits per heavy atom. The summed E-state index contributed by atoms with van der Waals surface area (Å²) >= 11 is 1.14. The zero-order valence-corrected chi connectivity index (χ0v) is 9.90. The number of nitrogens with one attached hydrogen (secondary N) is 1. The molecule has 1 amide bonds. The first-order valence-corrected chi connectivity index (χ1v) is 5.94. The number of amides is 1. The Balaban J connectivity index is 2.40. The van der Waals surface area contributed by atoms with E-state index in [0.29, 0.717) is 20.7 Å². The second-order valence-corrected chi connectivity index (χ2v) is 4.68. The minimum Gasteiger partial charge on any atom is -0.289 e. The third kappa shape index (κ3) is 1.49. The van der Waals surface area contributed by atoms with E-state index in [9.17, 15) is 9.59 Å². The number of nitrogens with zero attached hydrogens (tertiary/aromatic N) is 2. The number of hydrazine groups is 1. The molecule has 3 aromatic heterocycles. The lowest BCUT2D eigenvalue weighted by Gasteiger charge is -1.97. The highest BCUT2D eigenvalue weighted by atomic mass is 32.1. The number of aromatic nitrogens is 2. The first-order chi connectivity index (χ1) is 8.70. The predicted molar refractivity (Wildman–Crippen MR) is 68.5 cm³/mol. The van der Waals surface area contributed by atoms with Gasteiger partial charge in [-0.25, -0.2) is 10.8 Å². The van der Waals surface area contributed by atoms with Crippen molar-refractivity contribution < 1.29 is 4.79 Å². The van der Waals surface area contributed by atoms with Crippen LogP contribution in [0.3, 0.4) is 0 Å². The van der Waals surface area contributed by atoms with Gasteiger partial charge < -0.3 is 0 Å². The number of nitrogens with two attached hydrogens (primary N) is 1. The van der Waals surface area contributed by atoms with Crippen molar-refractivity contribution >= 4 is 33.1 Å². The monoisotopic (exact) mass is 260 g/mol. The van der Waals surface area contributed by atoms with Crippen LogP contribution in [0.5, 0.6) is 0 Å². The second kappa shape index (κ2) is 3.90. The molecule has 0 aliphatic heterocycles. The van der Waals surface area contributed by atoms with Crippen LogP contribution < -0.4 is 16.8 Å². The molecule has 0 fully saturated rings. The maximum absolute atomic E-state index is 12.2. The van der Waals surface area contributed by atoms with Gasteiger partial charge in [0.05, 0.1) is 10.3 Å². The van der Waals surface area contributed by atoms with Crippen LogP contribution in [0.15, 0.2) is 35.3 Å². The van der Waals surface area contributed by atoms with Crippen molar-refractivity contribution in [1.29, 1.82) is 0 Å². The van der Waals surface area contributed by atoms with E-state index in [2.05, 4.69) is 4.98 Å². The van der Waals surface area contributed by atoms with Crippen molar-refractivity contribution in [3.8, 4) is 0 Å². The van der Waals surface area contributed by atoms with E-state index < -0.39 is 5.91 Å². The Labute approximate surface area is 105 Å². The highest BCUT2D eigenvalue weighted by Gasteiger charge is 2.13. The molecule has 90 valence electrons. The SMILES string of the molecule is NNC(=O)c1cc2c(=O)n3ccccc3nc2s1. The van der Waals surface area contributed by atoms with E-state index in [1.54, 1.807) is 24.4 Å². The van der Waals surface area contributed by atoms with Crippen molar-refractivity contribution in [2.24, 2.45) is 5.84 Å². The van der Waals surface area contributed by atoms with Crippen molar-refractivity contribution in [2.45, 2.75) is 0 Å². The van der Waals surface area contributed by atoms with Crippen molar-refractivity contribution in [3.05, 3.63) is 45.7 Å². The third-order valence-corrected chi connectivity index (χ3v) is 3.60. The van der Waals surface area contributed by atoms with Gasteiger partial charge in [-0.1, -0.05) is 6.07 Å². The first kappa shape index (κ1) is 10.9. The zero-order chi connectivity index (χ0) is 12.7. The summed E-state index contributed by atoms with van der Waals surface area (Å²) in [5, 5.41) is 0.419. The van der Waals surface area contributed by atoms with Crippen LogP contribution in [0.25, 0.3) is 15.9 Å². The predicted octanol–water partition coefficient (Wildman–Crippen LogP) is 0.513. The lowest BCUT2D eigenvalue weighted by Crippen LogP contribution is -2.29. The quantitative estimate of drug-likeness (QED) is 0.379. The van der Waals surface area contributed by atoms with Crippen molar-refractivity contribution in [1.82, 2.24) is 14.8 Å². The van der Waals surface area contributed by atoms with Gasteiger partial charge in [-0.15, -0.1) is 11.3 Å². The first-order valence-electron chi connectivity index (χ1n) is 5.12. The number of hydrogen-bond donors (Lipinski definition) is 2. The molecule has 0 saturated heterocycles. The van der Waals surface area contributed by atoms with Gasteiger partial charge in [-0.05, 0) is 18.2 Å². The van der Waals surface area contributed by atoms with E-state index in [1.165, 1.54) is 10.5 Å². The summed E-state index contributed by atoms with van der Waals surface area (Å²) in [6, 6.07) is 6.80. The van der Waals surface area contributed by atoms with Gasteiger partial charge in [-0.2, -0.15) is 0 Å². The molecule has 18 heavy (non-hydrogen) atoms. The summed E-state index contributed by atoms with van der Waals surface area (Å²) in [4.78, 5) is 28.8. The van der Waals surface area contributed by atoms with Gasteiger partial charge in [0.15, 0.2) is 0 Å². The fraction of sp³-hybridized carbons (Fsp3) is 0. The van der Waals surface area contributed by atoms with Crippen LogP contribution in [0.2, 0.25) is 0 Å². The Hall–Kier alpha value is -2.25. The molecule has 0 bridgehead atoms. The highest BCUT2D eigenvalue weighted by Crippen LogP contribution is 2.21.